The molecule has 0 heterocycles. The van der Waals surface area contributed by atoms with Crippen molar-refractivity contribution in [1.82, 2.24) is 0 Å². The van der Waals surface area contributed by atoms with E-state index in [-0.39, 0.29) is 40.7 Å². The van der Waals surface area contributed by atoms with Crippen molar-refractivity contribution in [3.05, 3.63) is 124 Å². The number of benzene rings is 3. The van der Waals surface area contributed by atoms with Crippen LogP contribution >= 0.6 is 0 Å². The molecule has 0 saturated carbocycles. The number of rotatable bonds is 1. The van der Waals surface area contributed by atoms with E-state index in [0.29, 0.717) is 0 Å². The van der Waals surface area contributed by atoms with Crippen LogP contribution in [0, 0.1) is 21.8 Å². The van der Waals surface area contributed by atoms with Gasteiger partial charge in [0.15, 0.2) is 0 Å². The first-order valence-corrected chi connectivity index (χ1v) is 11.6. The van der Waals surface area contributed by atoms with Crippen molar-refractivity contribution in [3.8, 4) is 11.1 Å². The molecule has 0 unspecified atom stereocenters. The Morgan fingerprint density at radius 3 is 2.00 bits per heavy atom. The molecule has 5 aromatic rings. The molecule has 0 aromatic heterocycles. The van der Waals surface area contributed by atoms with Crippen molar-refractivity contribution in [3.63, 3.8) is 0 Å². The van der Waals surface area contributed by atoms with Crippen LogP contribution < -0.4 is 0 Å². The first-order valence-electron chi connectivity index (χ1n) is 9.63. The second-order valence-electron chi connectivity index (χ2n) is 6.86. The maximum Gasteiger partial charge on any atom is 4.00 e. The maximum atomic E-state index is 2.20. The van der Waals surface area contributed by atoms with Crippen LogP contribution in [0.1, 0.15) is 5.56 Å². The van der Waals surface area contributed by atoms with Crippen molar-refractivity contribution < 1.29 is 25.8 Å². The summed E-state index contributed by atoms with van der Waals surface area (Å²) in [6.45, 7) is 6.43. The van der Waals surface area contributed by atoms with Crippen LogP contribution in [-0.2, 0) is 25.8 Å². The van der Waals surface area contributed by atoms with Gasteiger partial charge in [-0.05, 0) is 5.56 Å². The topological polar surface area (TPSA) is 0 Å². The Kier molecular flexibility index (Phi) is 13.9. The standard InChI is InChI=1S/C15H11.C10H9.C2H6Si.2CH3.Hf/c1-2-6-12(7-3-1)14-10-4-8-13-9-5-11-15(13)14;1-8-6-9-4-2-3-5-10(9)7-8;1-3-2;;;/h1-11H;2-7H,1H3;1-2H3;2*1H3;/q2*-1;;2*-1;+4. The molecular weight excluding hydrogens is 555 g/mol. The summed E-state index contributed by atoms with van der Waals surface area (Å²) in [6.07, 6.45) is 0. The average molecular weight is 587 g/mol. The first-order chi connectivity index (χ1) is 13.7. The van der Waals surface area contributed by atoms with Gasteiger partial charge in [0.2, 0.25) is 0 Å². The predicted octanol–water partition coefficient (Wildman–Crippen LogP) is 8.78. The Bertz CT molecular complexity index is 1090. The molecule has 31 heavy (non-hydrogen) atoms. The van der Waals surface area contributed by atoms with E-state index in [0.717, 1.165) is 9.52 Å². The third kappa shape index (κ3) is 7.86. The van der Waals surface area contributed by atoms with Gasteiger partial charge in [0.1, 0.15) is 0 Å². The van der Waals surface area contributed by atoms with Crippen LogP contribution in [0.15, 0.2) is 103 Å². The van der Waals surface area contributed by atoms with Gasteiger partial charge >= 0.3 is 25.8 Å². The van der Waals surface area contributed by atoms with Crippen LogP contribution in [-0.4, -0.2) is 9.52 Å². The quantitative estimate of drug-likeness (QED) is 0.136. The molecule has 5 rings (SSSR count). The summed E-state index contributed by atoms with van der Waals surface area (Å²) >= 11 is 0. The molecular formula is C29H32HfSi. The molecule has 0 atom stereocenters. The molecule has 0 bridgehead atoms. The normalized spacial score (nSPS) is 9.13. The van der Waals surface area contributed by atoms with Crippen molar-refractivity contribution in [1.29, 1.82) is 0 Å². The zero-order chi connectivity index (χ0) is 19.8. The summed E-state index contributed by atoms with van der Waals surface area (Å²) in [6, 6.07) is 36.2. The maximum absolute atomic E-state index is 2.20. The molecule has 2 radical (unpaired) electrons. The Labute approximate surface area is 210 Å². The van der Waals surface area contributed by atoms with E-state index < -0.39 is 0 Å². The third-order valence-electron chi connectivity index (χ3n) is 4.53. The van der Waals surface area contributed by atoms with Crippen LogP contribution in [0.5, 0.6) is 0 Å². The molecule has 0 spiro atoms. The van der Waals surface area contributed by atoms with Gasteiger partial charge in [-0.2, -0.15) is 18.2 Å². The largest absolute Gasteiger partial charge is 4.00 e. The minimum absolute atomic E-state index is 0. The molecule has 0 N–H and O–H groups in total. The van der Waals surface area contributed by atoms with E-state index in [1.807, 2.05) is 0 Å². The van der Waals surface area contributed by atoms with Crippen molar-refractivity contribution >= 4 is 31.1 Å². The monoisotopic (exact) mass is 588 g/mol. The SMILES string of the molecule is C[Si]C.Cc1cc2ccccc2[cH-]1.[CH3-].[CH3-].[Hf+4].c1ccc(-c2cccc3[cH-]ccc23)cc1. The number of aryl methyl sites for hydroxylation is 1. The van der Waals surface area contributed by atoms with Gasteiger partial charge in [0.05, 0.1) is 0 Å². The predicted molar refractivity (Wildman–Crippen MR) is 140 cm³/mol. The summed E-state index contributed by atoms with van der Waals surface area (Å²) in [5.41, 5.74) is 3.95. The Hall–Kier alpha value is -2.03. The molecule has 156 valence electrons. The second kappa shape index (κ2) is 14.9. The molecule has 0 fully saturated rings. The molecule has 0 amide bonds. The van der Waals surface area contributed by atoms with E-state index >= 15 is 0 Å². The second-order valence-corrected chi connectivity index (χ2v) is 7.86. The zero-order valence-corrected chi connectivity index (χ0v) is 23.9. The molecule has 0 aliphatic carbocycles. The minimum atomic E-state index is 0. The van der Waals surface area contributed by atoms with Gasteiger partial charge in [-0.25, -0.2) is 0 Å². The number of fused-ring (bicyclic) bond motifs is 2. The van der Waals surface area contributed by atoms with Gasteiger partial charge in [-0.1, -0.05) is 68.0 Å². The Morgan fingerprint density at radius 2 is 1.32 bits per heavy atom. The van der Waals surface area contributed by atoms with Crippen molar-refractivity contribution in [2.45, 2.75) is 20.0 Å². The summed E-state index contributed by atoms with van der Waals surface area (Å²) < 4.78 is 0. The van der Waals surface area contributed by atoms with Crippen molar-refractivity contribution in [2.75, 3.05) is 0 Å². The summed E-state index contributed by atoms with van der Waals surface area (Å²) in [5, 5.41) is 5.35. The fourth-order valence-electron chi connectivity index (χ4n) is 3.34. The van der Waals surface area contributed by atoms with Gasteiger partial charge < -0.3 is 14.9 Å². The van der Waals surface area contributed by atoms with Crippen LogP contribution in [0.4, 0.5) is 0 Å². The van der Waals surface area contributed by atoms with Gasteiger partial charge in [0.25, 0.3) is 0 Å². The first kappa shape index (κ1) is 29.0. The smallest absolute Gasteiger partial charge is 0.358 e. The van der Waals surface area contributed by atoms with E-state index in [2.05, 4.69) is 123 Å². The summed E-state index contributed by atoms with van der Waals surface area (Å²) in [7, 11) is 1.08. The number of hydrogen-bond acceptors (Lipinski definition) is 0. The van der Waals surface area contributed by atoms with E-state index in [1.54, 1.807) is 0 Å². The van der Waals surface area contributed by atoms with Gasteiger partial charge in [-0.15, -0.1) is 69.6 Å². The van der Waals surface area contributed by atoms with Crippen LogP contribution in [0.25, 0.3) is 32.7 Å². The van der Waals surface area contributed by atoms with Gasteiger partial charge in [-0.3, -0.25) is 0 Å². The Morgan fingerprint density at radius 1 is 0.710 bits per heavy atom. The molecule has 0 saturated heterocycles. The van der Waals surface area contributed by atoms with E-state index in [9.17, 15) is 0 Å². The zero-order valence-electron chi connectivity index (χ0n) is 19.3. The summed E-state index contributed by atoms with van der Waals surface area (Å²) in [5.74, 6) is 0. The van der Waals surface area contributed by atoms with Gasteiger partial charge in [0, 0.05) is 9.52 Å². The molecule has 0 aliphatic rings. The van der Waals surface area contributed by atoms with Crippen LogP contribution in [0.3, 0.4) is 0 Å². The minimum Gasteiger partial charge on any atom is -0.358 e. The van der Waals surface area contributed by atoms with Crippen LogP contribution in [0.2, 0.25) is 13.1 Å². The summed E-state index contributed by atoms with van der Waals surface area (Å²) in [4.78, 5) is 0. The average Bonchev–Trinajstić information content (AvgIpc) is 3.35. The molecule has 0 aliphatic heterocycles. The van der Waals surface area contributed by atoms with E-state index in [1.165, 1.54) is 38.2 Å². The molecule has 5 aromatic carbocycles. The molecule has 0 nitrogen and oxygen atoms in total. The molecule has 2 heteroatoms. The fraction of sp³-hybridized carbons (Fsp3) is 0.103. The Balaban J connectivity index is 0.000000497. The fourth-order valence-corrected chi connectivity index (χ4v) is 3.34. The third-order valence-corrected chi connectivity index (χ3v) is 4.53. The van der Waals surface area contributed by atoms with E-state index in [4.69, 9.17) is 0 Å². The number of hydrogen-bond donors (Lipinski definition) is 0. The van der Waals surface area contributed by atoms with Crippen molar-refractivity contribution in [2.24, 2.45) is 0 Å².